The molecule has 0 aliphatic heterocycles. The number of thiophene rings is 1. The summed E-state index contributed by atoms with van der Waals surface area (Å²) in [7, 11) is 0. The minimum absolute atomic E-state index is 0.251. The Bertz CT molecular complexity index is 660. The number of hydrazine groups is 1. The highest BCUT2D eigenvalue weighted by Gasteiger charge is 2.09. The lowest BCUT2D eigenvalue weighted by atomic mass is 10.1. The zero-order chi connectivity index (χ0) is 15.2. The third kappa shape index (κ3) is 5.15. The lowest BCUT2D eigenvalue weighted by Gasteiger charge is -2.06. The molecule has 0 spiro atoms. The van der Waals surface area contributed by atoms with Crippen molar-refractivity contribution in [1.82, 2.24) is 10.9 Å². The van der Waals surface area contributed by atoms with Crippen LogP contribution < -0.4 is 10.9 Å². The van der Waals surface area contributed by atoms with Crippen LogP contribution in [0.15, 0.2) is 40.2 Å². The number of aryl methyl sites for hydroxylation is 1. The first-order valence-electron chi connectivity index (χ1n) is 6.13. The molecule has 4 nitrogen and oxygen atoms in total. The maximum absolute atomic E-state index is 11.7. The first-order chi connectivity index (χ1) is 10.0. The van der Waals surface area contributed by atoms with Crippen LogP contribution in [0.5, 0.6) is 0 Å². The van der Waals surface area contributed by atoms with Crippen LogP contribution in [0.2, 0.25) is 5.02 Å². The molecule has 21 heavy (non-hydrogen) atoms. The minimum atomic E-state index is -0.332. The topological polar surface area (TPSA) is 58.2 Å². The Kier molecular flexibility index (Phi) is 5.78. The van der Waals surface area contributed by atoms with E-state index in [2.05, 4.69) is 26.8 Å². The summed E-state index contributed by atoms with van der Waals surface area (Å²) in [6, 6.07) is 10.8. The van der Waals surface area contributed by atoms with Crippen molar-refractivity contribution >= 4 is 50.7 Å². The fourth-order valence-electron chi connectivity index (χ4n) is 1.64. The number of nitrogens with one attached hydrogen (secondary N) is 2. The smallest absolute Gasteiger partial charge is 0.273 e. The summed E-state index contributed by atoms with van der Waals surface area (Å²) in [5.41, 5.74) is 5.76. The minimum Gasteiger partial charge on any atom is -0.273 e. The van der Waals surface area contributed by atoms with E-state index in [4.69, 9.17) is 11.6 Å². The summed E-state index contributed by atoms with van der Waals surface area (Å²) in [4.78, 5) is 23.9. The van der Waals surface area contributed by atoms with Crippen molar-refractivity contribution in [3.8, 4) is 0 Å². The molecule has 0 saturated carbocycles. The van der Waals surface area contributed by atoms with Gasteiger partial charge in [0.05, 0.1) is 8.66 Å². The second-order valence-electron chi connectivity index (χ2n) is 4.24. The number of carbonyl (C=O) groups is 2. The van der Waals surface area contributed by atoms with E-state index in [0.717, 1.165) is 9.35 Å². The Morgan fingerprint density at radius 3 is 2.67 bits per heavy atom. The molecule has 2 amide bonds. The van der Waals surface area contributed by atoms with Gasteiger partial charge in [0.1, 0.15) is 0 Å². The van der Waals surface area contributed by atoms with Gasteiger partial charge in [-0.1, -0.05) is 23.7 Å². The van der Waals surface area contributed by atoms with Gasteiger partial charge >= 0.3 is 0 Å². The lowest BCUT2D eigenvalue weighted by molar-refractivity contribution is -0.121. The molecular formula is C14H12BrClN2O2S. The zero-order valence-corrected chi connectivity index (χ0v) is 14.0. The van der Waals surface area contributed by atoms with Gasteiger partial charge in [-0.2, -0.15) is 0 Å². The van der Waals surface area contributed by atoms with Crippen molar-refractivity contribution in [3.63, 3.8) is 0 Å². The first kappa shape index (κ1) is 16.0. The number of rotatable bonds is 4. The van der Waals surface area contributed by atoms with Crippen LogP contribution in [0, 0.1) is 0 Å². The van der Waals surface area contributed by atoms with Crippen LogP contribution in [0.25, 0.3) is 0 Å². The highest BCUT2D eigenvalue weighted by atomic mass is 79.9. The molecule has 1 aromatic heterocycles. The average molecular weight is 388 g/mol. The van der Waals surface area contributed by atoms with E-state index in [1.807, 2.05) is 18.2 Å². The monoisotopic (exact) mass is 386 g/mol. The van der Waals surface area contributed by atoms with Crippen LogP contribution in [-0.2, 0) is 11.2 Å². The molecule has 0 unspecified atom stereocenters. The highest BCUT2D eigenvalue weighted by Crippen LogP contribution is 2.21. The molecule has 1 heterocycles. The van der Waals surface area contributed by atoms with Gasteiger partial charge in [0.15, 0.2) is 0 Å². The summed E-state index contributed by atoms with van der Waals surface area (Å²) in [6.07, 6.45) is 0.835. The summed E-state index contributed by atoms with van der Waals surface area (Å²) < 4.78 is 0.861. The number of hydrogen-bond acceptors (Lipinski definition) is 3. The van der Waals surface area contributed by atoms with E-state index in [9.17, 15) is 9.59 Å². The molecule has 0 saturated heterocycles. The average Bonchev–Trinajstić information content (AvgIpc) is 2.89. The Morgan fingerprint density at radius 1 is 1.19 bits per heavy atom. The first-order valence-corrected chi connectivity index (χ1v) is 8.12. The van der Waals surface area contributed by atoms with Gasteiger partial charge in [-0.3, -0.25) is 20.4 Å². The van der Waals surface area contributed by atoms with Crippen molar-refractivity contribution in [2.45, 2.75) is 12.8 Å². The third-order valence-electron chi connectivity index (χ3n) is 2.64. The van der Waals surface area contributed by atoms with E-state index in [1.165, 1.54) is 11.3 Å². The number of halogens is 2. The Labute approximate surface area is 139 Å². The molecule has 0 radical (unpaired) electrons. The zero-order valence-electron chi connectivity index (χ0n) is 10.9. The van der Waals surface area contributed by atoms with Gasteiger partial charge in [0.25, 0.3) is 5.91 Å². The van der Waals surface area contributed by atoms with Gasteiger partial charge < -0.3 is 0 Å². The predicted molar refractivity (Wildman–Crippen MR) is 87.4 cm³/mol. The number of hydrogen-bond donors (Lipinski definition) is 2. The molecular weight excluding hydrogens is 376 g/mol. The summed E-state index contributed by atoms with van der Waals surface area (Å²) in [5, 5.41) is 0.643. The van der Waals surface area contributed by atoms with Crippen LogP contribution in [0.3, 0.4) is 0 Å². The molecule has 0 aliphatic rings. The van der Waals surface area contributed by atoms with Gasteiger partial charge in [0, 0.05) is 11.4 Å². The molecule has 0 fully saturated rings. The Morgan fingerprint density at radius 2 is 2.00 bits per heavy atom. The molecule has 2 rings (SSSR count). The molecule has 7 heteroatoms. The van der Waals surface area contributed by atoms with E-state index >= 15 is 0 Å². The maximum atomic E-state index is 11.7. The van der Waals surface area contributed by atoms with Crippen molar-refractivity contribution in [1.29, 1.82) is 0 Å². The largest absolute Gasteiger partial charge is 0.279 e. The third-order valence-corrected chi connectivity index (χ3v) is 4.50. The number of amides is 2. The quantitative estimate of drug-likeness (QED) is 0.788. The van der Waals surface area contributed by atoms with Crippen molar-refractivity contribution in [2.75, 3.05) is 0 Å². The van der Waals surface area contributed by atoms with Crippen molar-refractivity contribution in [3.05, 3.63) is 55.6 Å². The maximum Gasteiger partial charge on any atom is 0.279 e. The molecule has 2 N–H and O–H groups in total. The van der Waals surface area contributed by atoms with Gasteiger partial charge in [0.2, 0.25) is 5.91 Å². The second kappa shape index (κ2) is 7.59. The van der Waals surface area contributed by atoms with Crippen molar-refractivity contribution in [2.24, 2.45) is 0 Å². The molecule has 1 aromatic carbocycles. The molecule has 110 valence electrons. The fraction of sp³-hybridized carbons (Fsp3) is 0.143. The highest BCUT2D eigenvalue weighted by molar-refractivity contribution is 9.11. The van der Waals surface area contributed by atoms with E-state index in [0.29, 0.717) is 16.3 Å². The van der Waals surface area contributed by atoms with Crippen LogP contribution >= 0.6 is 38.9 Å². The molecule has 0 atom stereocenters. The molecule has 2 aromatic rings. The molecule has 0 bridgehead atoms. The summed E-state index contributed by atoms with van der Waals surface area (Å²) >= 11 is 10.4. The van der Waals surface area contributed by atoms with Crippen molar-refractivity contribution < 1.29 is 9.59 Å². The number of benzene rings is 1. The fourth-order valence-corrected chi connectivity index (χ4v) is 3.13. The normalized spacial score (nSPS) is 10.2. The summed E-state index contributed by atoms with van der Waals surface area (Å²) in [5.74, 6) is -0.583. The standard InChI is InChI=1S/C14H12BrClN2O2S/c15-12-6-5-11(21-12)14(20)18-17-13(19)7-4-9-2-1-3-10(16)8-9/h1-3,5-6,8H,4,7H2,(H,17,19)(H,18,20). The molecule has 0 aliphatic carbocycles. The van der Waals surface area contributed by atoms with E-state index in [1.54, 1.807) is 18.2 Å². The van der Waals surface area contributed by atoms with E-state index < -0.39 is 0 Å². The SMILES string of the molecule is O=C(CCc1cccc(Cl)c1)NNC(=O)c1ccc(Br)s1. The van der Waals surface area contributed by atoms with Gasteiger partial charge in [-0.25, -0.2) is 0 Å². The lowest BCUT2D eigenvalue weighted by Crippen LogP contribution is -2.41. The summed E-state index contributed by atoms with van der Waals surface area (Å²) in [6.45, 7) is 0. The predicted octanol–water partition coefficient (Wildman–Crippen LogP) is 3.56. The van der Waals surface area contributed by atoms with E-state index in [-0.39, 0.29) is 18.2 Å². The second-order valence-corrected chi connectivity index (χ2v) is 7.14. The van der Waals surface area contributed by atoms with Gasteiger partial charge in [-0.15, -0.1) is 11.3 Å². The Hall–Kier alpha value is -1.37. The number of carbonyl (C=O) groups excluding carboxylic acids is 2. The van der Waals surface area contributed by atoms with Gasteiger partial charge in [-0.05, 0) is 52.2 Å². The van der Waals surface area contributed by atoms with Crippen LogP contribution in [0.4, 0.5) is 0 Å². The Balaban J connectivity index is 1.76. The van der Waals surface area contributed by atoms with Crippen LogP contribution in [0.1, 0.15) is 21.7 Å². The van der Waals surface area contributed by atoms with Crippen LogP contribution in [-0.4, -0.2) is 11.8 Å².